The standard InChI is InChI=1S/C15H19NO/c1-3-4-5-6-10-13-16(2)15(17)14-11-8-7-9-12-14/h3-4,7-13H,5-6H2,1-2H3/b4-3+,13-10-. The van der Waals surface area contributed by atoms with Gasteiger partial charge in [-0.2, -0.15) is 0 Å². The molecule has 1 aromatic carbocycles. The molecule has 0 aliphatic heterocycles. The summed E-state index contributed by atoms with van der Waals surface area (Å²) < 4.78 is 0. The molecule has 1 rings (SSSR count). The van der Waals surface area contributed by atoms with E-state index in [0.717, 1.165) is 12.8 Å². The number of nitrogens with zero attached hydrogens (tertiary/aromatic N) is 1. The van der Waals surface area contributed by atoms with Gasteiger partial charge in [0.15, 0.2) is 0 Å². The van der Waals surface area contributed by atoms with Gasteiger partial charge in [-0.05, 0) is 31.9 Å². The molecule has 0 atom stereocenters. The third-order valence-electron chi connectivity index (χ3n) is 2.41. The number of benzene rings is 1. The van der Waals surface area contributed by atoms with Crippen molar-refractivity contribution >= 4 is 5.91 Å². The zero-order valence-electron chi connectivity index (χ0n) is 10.5. The maximum absolute atomic E-state index is 11.9. The summed E-state index contributed by atoms with van der Waals surface area (Å²) in [6.07, 6.45) is 9.97. The van der Waals surface area contributed by atoms with Crippen molar-refractivity contribution in [2.45, 2.75) is 19.8 Å². The summed E-state index contributed by atoms with van der Waals surface area (Å²) in [5.74, 6) is 0.0212. The highest BCUT2D eigenvalue weighted by Crippen LogP contribution is 2.04. The normalized spacial score (nSPS) is 11.2. The number of unbranched alkanes of at least 4 members (excludes halogenated alkanes) is 1. The molecule has 0 saturated carbocycles. The molecule has 0 N–H and O–H groups in total. The van der Waals surface area contributed by atoms with Crippen molar-refractivity contribution in [2.75, 3.05) is 7.05 Å². The van der Waals surface area contributed by atoms with E-state index >= 15 is 0 Å². The Morgan fingerprint density at radius 2 is 1.82 bits per heavy atom. The number of hydrogen-bond acceptors (Lipinski definition) is 1. The van der Waals surface area contributed by atoms with Gasteiger partial charge in [0.25, 0.3) is 5.91 Å². The van der Waals surface area contributed by atoms with E-state index in [-0.39, 0.29) is 5.91 Å². The summed E-state index contributed by atoms with van der Waals surface area (Å²) in [5, 5.41) is 0. The Bertz CT molecular complexity index is 393. The molecular formula is C15H19NO. The lowest BCUT2D eigenvalue weighted by Gasteiger charge is -2.11. The molecule has 2 heteroatoms. The first kappa shape index (κ1) is 13.2. The Morgan fingerprint density at radius 3 is 2.47 bits per heavy atom. The molecule has 2 nitrogen and oxygen atoms in total. The molecule has 1 amide bonds. The third-order valence-corrected chi connectivity index (χ3v) is 2.41. The van der Waals surface area contributed by atoms with Crippen LogP contribution in [0.2, 0.25) is 0 Å². The maximum atomic E-state index is 11.9. The van der Waals surface area contributed by atoms with Crippen LogP contribution in [-0.4, -0.2) is 17.9 Å². The first-order chi connectivity index (χ1) is 8.25. The molecule has 0 heterocycles. The molecule has 90 valence electrons. The van der Waals surface area contributed by atoms with Crippen molar-refractivity contribution in [2.24, 2.45) is 0 Å². The van der Waals surface area contributed by atoms with E-state index in [1.54, 1.807) is 11.9 Å². The van der Waals surface area contributed by atoms with E-state index < -0.39 is 0 Å². The van der Waals surface area contributed by atoms with Gasteiger partial charge in [-0.3, -0.25) is 4.79 Å². The second kappa shape index (κ2) is 7.44. The van der Waals surface area contributed by atoms with Crippen LogP contribution in [-0.2, 0) is 0 Å². The van der Waals surface area contributed by atoms with Crippen LogP contribution in [0.1, 0.15) is 30.1 Å². The van der Waals surface area contributed by atoms with Crippen LogP contribution in [0, 0.1) is 0 Å². The molecule has 0 radical (unpaired) electrons. The fourth-order valence-electron chi connectivity index (χ4n) is 1.44. The first-order valence-corrected chi connectivity index (χ1v) is 5.85. The predicted octanol–water partition coefficient (Wildman–Crippen LogP) is 3.63. The van der Waals surface area contributed by atoms with E-state index in [9.17, 15) is 4.79 Å². The smallest absolute Gasteiger partial charge is 0.257 e. The van der Waals surface area contributed by atoms with Crippen LogP contribution in [0.5, 0.6) is 0 Å². The molecule has 0 aliphatic rings. The molecule has 1 aromatic rings. The van der Waals surface area contributed by atoms with Crippen LogP contribution in [0.15, 0.2) is 54.8 Å². The second-order valence-corrected chi connectivity index (χ2v) is 3.81. The summed E-state index contributed by atoms with van der Waals surface area (Å²) in [6.45, 7) is 2.01. The zero-order valence-corrected chi connectivity index (χ0v) is 10.5. The quantitative estimate of drug-likeness (QED) is 0.557. The van der Waals surface area contributed by atoms with Gasteiger partial charge in [0, 0.05) is 18.8 Å². The van der Waals surface area contributed by atoms with Gasteiger partial charge in [0.05, 0.1) is 0 Å². The second-order valence-electron chi connectivity index (χ2n) is 3.81. The number of allylic oxidation sites excluding steroid dienone is 3. The molecule has 0 spiro atoms. The van der Waals surface area contributed by atoms with Gasteiger partial charge in [-0.25, -0.2) is 0 Å². The van der Waals surface area contributed by atoms with Crippen molar-refractivity contribution in [1.29, 1.82) is 0 Å². The Balaban J connectivity index is 2.47. The lowest BCUT2D eigenvalue weighted by Crippen LogP contribution is -2.20. The van der Waals surface area contributed by atoms with Crippen LogP contribution in [0.25, 0.3) is 0 Å². The van der Waals surface area contributed by atoms with Gasteiger partial charge in [-0.15, -0.1) is 0 Å². The third kappa shape index (κ3) is 4.68. The highest BCUT2D eigenvalue weighted by Gasteiger charge is 2.07. The number of amides is 1. The van der Waals surface area contributed by atoms with Gasteiger partial charge in [0.2, 0.25) is 0 Å². The van der Waals surface area contributed by atoms with Crippen molar-refractivity contribution in [3.63, 3.8) is 0 Å². The minimum atomic E-state index is 0.0212. The summed E-state index contributed by atoms with van der Waals surface area (Å²) in [5.41, 5.74) is 0.716. The van der Waals surface area contributed by atoms with Gasteiger partial charge in [-0.1, -0.05) is 36.4 Å². The summed E-state index contributed by atoms with van der Waals surface area (Å²) in [7, 11) is 1.78. The van der Waals surface area contributed by atoms with Crippen molar-refractivity contribution in [1.82, 2.24) is 4.90 Å². The largest absolute Gasteiger partial charge is 0.318 e. The zero-order chi connectivity index (χ0) is 12.5. The highest BCUT2D eigenvalue weighted by atomic mass is 16.2. The monoisotopic (exact) mass is 229 g/mol. The molecular weight excluding hydrogens is 210 g/mol. The number of hydrogen-bond donors (Lipinski definition) is 0. The minimum absolute atomic E-state index is 0.0212. The average molecular weight is 229 g/mol. The summed E-state index contributed by atoms with van der Waals surface area (Å²) >= 11 is 0. The van der Waals surface area contributed by atoms with Crippen molar-refractivity contribution in [3.05, 3.63) is 60.3 Å². The average Bonchev–Trinajstić information content (AvgIpc) is 2.38. The number of rotatable bonds is 5. The Kier molecular flexibility index (Phi) is 5.80. The fourth-order valence-corrected chi connectivity index (χ4v) is 1.44. The molecule has 17 heavy (non-hydrogen) atoms. The molecule has 0 saturated heterocycles. The predicted molar refractivity (Wildman–Crippen MR) is 71.7 cm³/mol. The molecule has 0 aliphatic carbocycles. The fraction of sp³-hybridized carbons (Fsp3) is 0.267. The highest BCUT2D eigenvalue weighted by molar-refractivity contribution is 5.94. The van der Waals surface area contributed by atoms with Gasteiger partial charge in [0.1, 0.15) is 0 Å². The van der Waals surface area contributed by atoms with E-state index in [2.05, 4.69) is 6.08 Å². The Labute approximate surface area is 103 Å². The van der Waals surface area contributed by atoms with Gasteiger partial charge < -0.3 is 4.90 Å². The minimum Gasteiger partial charge on any atom is -0.318 e. The molecule has 0 fully saturated rings. The first-order valence-electron chi connectivity index (χ1n) is 5.85. The van der Waals surface area contributed by atoms with Crippen LogP contribution in [0.3, 0.4) is 0 Å². The van der Waals surface area contributed by atoms with E-state index in [0.29, 0.717) is 5.56 Å². The molecule has 0 aromatic heterocycles. The lowest BCUT2D eigenvalue weighted by molar-refractivity contribution is 0.0849. The topological polar surface area (TPSA) is 20.3 Å². The molecule has 0 unspecified atom stereocenters. The van der Waals surface area contributed by atoms with Crippen molar-refractivity contribution < 1.29 is 4.79 Å². The summed E-state index contributed by atoms with van der Waals surface area (Å²) in [6, 6.07) is 9.30. The van der Waals surface area contributed by atoms with Crippen LogP contribution >= 0.6 is 0 Å². The SMILES string of the molecule is C/C=C/CC/C=C\N(C)C(=O)c1ccccc1. The van der Waals surface area contributed by atoms with E-state index in [1.807, 2.05) is 55.6 Å². The van der Waals surface area contributed by atoms with E-state index in [1.165, 1.54) is 0 Å². The lowest BCUT2D eigenvalue weighted by atomic mass is 10.2. The Morgan fingerprint density at radius 1 is 1.18 bits per heavy atom. The van der Waals surface area contributed by atoms with Crippen LogP contribution in [0.4, 0.5) is 0 Å². The van der Waals surface area contributed by atoms with Crippen LogP contribution < -0.4 is 0 Å². The van der Waals surface area contributed by atoms with Crippen molar-refractivity contribution in [3.8, 4) is 0 Å². The number of carbonyl (C=O) groups excluding carboxylic acids is 1. The van der Waals surface area contributed by atoms with Gasteiger partial charge >= 0.3 is 0 Å². The maximum Gasteiger partial charge on any atom is 0.257 e. The number of carbonyl (C=O) groups is 1. The molecule has 0 bridgehead atoms. The summed E-state index contributed by atoms with van der Waals surface area (Å²) in [4.78, 5) is 13.5. The van der Waals surface area contributed by atoms with E-state index in [4.69, 9.17) is 0 Å². The Hall–Kier alpha value is -1.83.